The molecule has 0 saturated carbocycles. The molecule has 1 amide bonds. The van der Waals surface area contributed by atoms with Crippen LogP contribution < -0.4 is 10.5 Å². The highest BCUT2D eigenvalue weighted by Gasteiger charge is 2.22. The number of nitrogens with zero attached hydrogens (tertiary/aromatic N) is 4. The van der Waals surface area contributed by atoms with Gasteiger partial charge in [0.25, 0.3) is 11.5 Å². The molecule has 0 spiro atoms. The van der Waals surface area contributed by atoms with Gasteiger partial charge in [-0.1, -0.05) is 60.7 Å². The van der Waals surface area contributed by atoms with Crippen LogP contribution in [0, 0.1) is 0 Å². The Morgan fingerprint density at radius 2 is 1.46 bits per heavy atom. The third-order valence-corrected chi connectivity index (χ3v) is 7.06. The van der Waals surface area contributed by atoms with Crippen molar-refractivity contribution in [2.45, 2.75) is 25.8 Å². The number of aromatic nitrogens is 2. The molecule has 5 rings (SSSR count). The first-order valence-electron chi connectivity index (χ1n) is 13.3. The summed E-state index contributed by atoms with van der Waals surface area (Å²) < 4.78 is 7.00. The maximum absolute atomic E-state index is 13.3. The summed E-state index contributed by atoms with van der Waals surface area (Å²) >= 11 is 0. The van der Waals surface area contributed by atoms with Crippen LogP contribution in [0.25, 0.3) is 11.0 Å². The van der Waals surface area contributed by atoms with Crippen LogP contribution in [0.4, 0.5) is 5.69 Å². The molecule has 8 nitrogen and oxygen atoms in total. The fourth-order valence-electron chi connectivity index (χ4n) is 4.89. The normalized spacial score (nSPS) is 13.4. The number of carbonyl (C=O) groups excluding carboxylic acids is 2. The Hall–Kier alpha value is -4.46. The molecule has 0 bridgehead atoms. The zero-order chi connectivity index (χ0) is 27.0. The number of amides is 1. The van der Waals surface area contributed by atoms with Gasteiger partial charge in [-0.05, 0) is 36.2 Å². The number of piperazine rings is 1. The SMILES string of the molecule is O=C(CCc1nc2ccccc2n(CCc2ccccc2)c1=O)OCC(=O)N1CCN(c2ccccc2)CC1. The lowest BCUT2D eigenvalue weighted by Gasteiger charge is -2.36. The number of fused-ring (bicyclic) bond motifs is 1. The molecule has 2 heterocycles. The summed E-state index contributed by atoms with van der Waals surface area (Å²) in [5.41, 5.74) is 3.87. The first-order chi connectivity index (χ1) is 19.1. The molecule has 200 valence electrons. The van der Waals surface area contributed by atoms with Gasteiger partial charge in [0.05, 0.1) is 17.5 Å². The summed E-state index contributed by atoms with van der Waals surface area (Å²) in [5.74, 6) is -0.723. The fourth-order valence-corrected chi connectivity index (χ4v) is 4.89. The number of rotatable bonds is 9. The van der Waals surface area contributed by atoms with Gasteiger partial charge in [-0.2, -0.15) is 0 Å². The molecule has 1 aliphatic heterocycles. The van der Waals surface area contributed by atoms with Crippen molar-refractivity contribution in [3.63, 3.8) is 0 Å². The van der Waals surface area contributed by atoms with E-state index in [1.807, 2.05) is 72.8 Å². The summed E-state index contributed by atoms with van der Waals surface area (Å²) in [7, 11) is 0. The second-order valence-electron chi connectivity index (χ2n) is 9.60. The third kappa shape index (κ3) is 6.52. The maximum atomic E-state index is 13.3. The highest BCUT2D eigenvalue weighted by atomic mass is 16.5. The zero-order valence-corrected chi connectivity index (χ0v) is 21.9. The average molecular weight is 525 g/mol. The van der Waals surface area contributed by atoms with Crippen LogP contribution in [0.15, 0.2) is 89.7 Å². The van der Waals surface area contributed by atoms with Crippen molar-refractivity contribution in [2.75, 3.05) is 37.7 Å². The van der Waals surface area contributed by atoms with Gasteiger partial charge >= 0.3 is 5.97 Å². The standard InChI is InChI=1S/C31H32N4O4/c36-29(34-21-19-33(20-22-34)25-11-5-2-6-12-25)23-39-30(37)16-15-27-31(38)35(18-17-24-9-3-1-4-10-24)28-14-8-7-13-26(28)32-27/h1-14H,15-23H2. The highest BCUT2D eigenvalue weighted by Crippen LogP contribution is 2.16. The van der Waals surface area contributed by atoms with Crippen LogP contribution in [-0.4, -0.2) is 59.1 Å². The van der Waals surface area contributed by atoms with E-state index in [0.29, 0.717) is 37.3 Å². The molecular formula is C31H32N4O4. The van der Waals surface area contributed by atoms with E-state index < -0.39 is 5.97 Å². The van der Waals surface area contributed by atoms with Gasteiger partial charge in [-0.15, -0.1) is 0 Å². The molecule has 3 aromatic carbocycles. The minimum atomic E-state index is -0.517. The number of hydrogen-bond acceptors (Lipinski definition) is 6. The van der Waals surface area contributed by atoms with Crippen molar-refractivity contribution < 1.29 is 14.3 Å². The van der Waals surface area contributed by atoms with E-state index in [1.54, 1.807) is 9.47 Å². The van der Waals surface area contributed by atoms with Crippen LogP contribution >= 0.6 is 0 Å². The Kier molecular flexibility index (Phi) is 8.31. The van der Waals surface area contributed by atoms with Crippen molar-refractivity contribution in [3.8, 4) is 0 Å². The van der Waals surface area contributed by atoms with Crippen molar-refractivity contribution in [3.05, 3.63) is 107 Å². The summed E-state index contributed by atoms with van der Waals surface area (Å²) in [5, 5.41) is 0. The molecule has 4 aromatic rings. The Bertz CT molecular complexity index is 1480. The molecule has 0 unspecified atom stereocenters. The largest absolute Gasteiger partial charge is 0.456 e. The van der Waals surface area contributed by atoms with Crippen molar-refractivity contribution in [2.24, 2.45) is 0 Å². The van der Waals surface area contributed by atoms with Gasteiger partial charge in [0, 0.05) is 44.8 Å². The summed E-state index contributed by atoms with van der Waals surface area (Å²) in [4.78, 5) is 46.9. The zero-order valence-electron chi connectivity index (χ0n) is 21.9. The Morgan fingerprint density at radius 3 is 2.21 bits per heavy atom. The smallest absolute Gasteiger partial charge is 0.306 e. The lowest BCUT2D eigenvalue weighted by molar-refractivity contribution is -0.152. The quantitative estimate of drug-likeness (QED) is 0.312. The molecule has 1 aromatic heterocycles. The molecule has 0 N–H and O–H groups in total. The Labute approximate surface area is 227 Å². The van der Waals surface area contributed by atoms with E-state index in [0.717, 1.165) is 29.9 Å². The van der Waals surface area contributed by atoms with E-state index in [-0.39, 0.29) is 30.9 Å². The minimum Gasteiger partial charge on any atom is -0.456 e. The van der Waals surface area contributed by atoms with Crippen LogP contribution in [0.2, 0.25) is 0 Å². The van der Waals surface area contributed by atoms with Gasteiger partial charge in [-0.25, -0.2) is 4.98 Å². The number of aryl methyl sites for hydroxylation is 3. The van der Waals surface area contributed by atoms with Gasteiger partial charge in [-0.3, -0.25) is 14.4 Å². The Morgan fingerprint density at radius 1 is 0.795 bits per heavy atom. The number of hydrogen-bond donors (Lipinski definition) is 0. The number of carbonyl (C=O) groups is 2. The number of ether oxygens (including phenoxy) is 1. The van der Waals surface area contributed by atoms with Crippen LogP contribution in [0.5, 0.6) is 0 Å². The Balaban J connectivity index is 1.15. The lowest BCUT2D eigenvalue weighted by Crippen LogP contribution is -2.49. The molecule has 1 aliphatic rings. The molecule has 39 heavy (non-hydrogen) atoms. The summed E-state index contributed by atoms with van der Waals surface area (Å²) in [6, 6.07) is 27.6. The monoisotopic (exact) mass is 524 g/mol. The molecule has 0 aliphatic carbocycles. The molecule has 8 heteroatoms. The number of para-hydroxylation sites is 3. The molecule has 0 radical (unpaired) electrons. The molecule has 0 atom stereocenters. The topological polar surface area (TPSA) is 84.7 Å². The van der Waals surface area contributed by atoms with Gasteiger partial charge in [0.15, 0.2) is 6.61 Å². The van der Waals surface area contributed by atoms with Crippen molar-refractivity contribution >= 4 is 28.6 Å². The van der Waals surface area contributed by atoms with E-state index in [2.05, 4.69) is 22.0 Å². The first kappa shape index (κ1) is 26.2. The van der Waals surface area contributed by atoms with Gasteiger partial charge in [0.2, 0.25) is 0 Å². The van der Waals surface area contributed by atoms with Gasteiger partial charge < -0.3 is 19.1 Å². The van der Waals surface area contributed by atoms with Crippen LogP contribution in [0.1, 0.15) is 17.7 Å². The maximum Gasteiger partial charge on any atom is 0.306 e. The average Bonchev–Trinajstić information content (AvgIpc) is 2.99. The predicted molar refractivity (Wildman–Crippen MR) is 151 cm³/mol. The van der Waals surface area contributed by atoms with Gasteiger partial charge in [0.1, 0.15) is 5.69 Å². The first-order valence-corrected chi connectivity index (χ1v) is 13.3. The predicted octanol–water partition coefficient (Wildman–Crippen LogP) is 3.46. The van der Waals surface area contributed by atoms with Crippen LogP contribution in [-0.2, 0) is 33.7 Å². The van der Waals surface area contributed by atoms with E-state index in [1.165, 1.54) is 0 Å². The fraction of sp³-hybridized carbons (Fsp3) is 0.290. The minimum absolute atomic E-state index is 0.0195. The molecular weight excluding hydrogens is 492 g/mol. The second-order valence-corrected chi connectivity index (χ2v) is 9.60. The number of esters is 1. The third-order valence-electron chi connectivity index (χ3n) is 7.06. The van der Waals surface area contributed by atoms with E-state index >= 15 is 0 Å². The van der Waals surface area contributed by atoms with Crippen LogP contribution in [0.3, 0.4) is 0 Å². The van der Waals surface area contributed by atoms with Crippen molar-refractivity contribution in [1.29, 1.82) is 0 Å². The van der Waals surface area contributed by atoms with E-state index in [9.17, 15) is 14.4 Å². The number of anilines is 1. The highest BCUT2D eigenvalue weighted by molar-refractivity contribution is 5.81. The molecule has 1 fully saturated rings. The molecule has 1 saturated heterocycles. The summed E-state index contributed by atoms with van der Waals surface area (Å²) in [6.45, 7) is 2.83. The summed E-state index contributed by atoms with van der Waals surface area (Å²) in [6.07, 6.45) is 0.837. The second kappa shape index (κ2) is 12.4. The lowest BCUT2D eigenvalue weighted by atomic mass is 10.1. The van der Waals surface area contributed by atoms with Crippen molar-refractivity contribution in [1.82, 2.24) is 14.5 Å². The number of benzene rings is 3. The van der Waals surface area contributed by atoms with E-state index in [4.69, 9.17) is 4.74 Å².